The standard InChI is InChI=1S/C26H26ClFN4O4/c1-6-29-23(33)20-10-16-18(12-32(5)25(34)21(16)31-20)17-8-14(26(3,4)35)11-30-24(17)36-22-13(2)7-15(28)9-19(22)27/h7-12,31,35H,6H2,1-5H3,(H,29,33). The van der Waals surface area contributed by atoms with E-state index < -0.39 is 11.4 Å². The summed E-state index contributed by atoms with van der Waals surface area (Å²) in [6, 6.07) is 5.73. The number of nitrogens with one attached hydrogen (secondary N) is 2. The van der Waals surface area contributed by atoms with Gasteiger partial charge in [-0.3, -0.25) is 9.59 Å². The lowest BCUT2D eigenvalue weighted by Crippen LogP contribution is -2.23. The molecule has 0 aliphatic rings. The number of benzene rings is 1. The van der Waals surface area contributed by atoms with Crippen molar-refractivity contribution in [1.29, 1.82) is 0 Å². The summed E-state index contributed by atoms with van der Waals surface area (Å²) in [7, 11) is 1.59. The van der Waals surface area contributed by atoms with Crippen LogP contribution in [0.4, 0.5) is 4.39 Å². The minimum Gasteiger partial charge on any atom is -0.437 e. The molecule has 0 fully saturated rings. The molecule has 3 aromatic heterocycles. The highest BCUT2D eigenvalue weighted by Crippen LogP contribution is 2.40. The molecule has 0 saturated carbocycles. The Labute approximate surface area is 211 Å². The van der Waals surface area contributed by atoms with E-state index in [1.807, 2.05) is 0 Å². The Hall–Kier alpha value is -3.69. The SMILES string of the molecule is CCNC(=O)c1cc2c(-c3cc(C(C)(C)O)cnc3Oc3c(C)cc(F)cc3Cl)cn(C)c(=O)c2[nH]1. The molecule has 1 aromatic carbocycles. The number of carbonyl (C=O) groups is 1. The number of H-pyrrole nitrogens is 1. The third-order valence-corrected chi connectivity index (χ3v) is 6.07. The number of carbonyl (C=O) groups excluding carboxylic acids is 1. The van der Waals surface area contributed by atoms with Gasteiger partial charge in [0, 0.05) is 48.1 Å². The van der Waals surface area contributed by atoms with Crippen molar-refractivity contribution in [3.8, 4) is 22.8 Å². The second kappa shape index (κ2) is 9.40. The highest BCUT2D eigenvalue weighted by molar-refractivity contribution is 6.32. The normalized spacial score (nSPS) is 11.7. The lowest BCUT2D eigenvalue weighted by Gasteiger charge is -2.21. The molecule has 1 amide bonds. The Kier molecular flexibility index (Phi) is 6.64. The molecule has 0 atom stereocenters. The lowest BCUT2D eigenvalue weighted by molar-refractivity contribution is 0.0782. The number of aromatic amines is 1. The second-order valence-corrected chi connectivity index (χ2v) is 9.47. The first kappa shape index (κ1) is 25.4. The molecular weight excluding hydrogens is 487 g/mol. The minimum atomic E-state index is -1.23. The Bertz CT molecular complexity index is 1530. The molecule has 3 N–H and O–H groups in total. The molecule has 0 bridgehead atoms. The van der Waals surface area contributed by atoms with Gasteiger partial charge in [-0.15, -0.1) is 0 Å². The van der Waals surface area contributed by atoms with Crippen LogP contribution in [0.15, 0.2) is 41.5 Å². The highest BCUT2D eigenvalue weighted by atomic mass is 35.5. The van der Waals surface area contributed by atoms with E-state index in [4.69, 9.17) is 16.3 Å². The number of aryl methyl sites for hydroxylation is 2. The van der Waals surface area contributed by atoms with Gasteiger partial charge in [-0.1, -0.05) is 11.6 Å². The van der Waals surface area contributed by atoms with Crippen molar-refractivity contribution >= 4 is 28.4 Å². The third kappa shape index (κ3) is 4.72. The smallest absolute Gasteiger partial charge is 0.274 e. The minimum absolute atomic E-state index is 0.0672. The third-order valence-electron chi connectivity index (χ3n) is 5.79. The van der Waals surface area contributed by atoms with E-state index in [9.17, 15) is 19.1 Å². The van der Waals surface area contributed by atoms with E-state index in [0.29, 0.717) is 34.2 Å². The topological polar surface area (TPSA) is 109 Å². The molecule has 4 rings (SSSR count). The summed E-state index contributed by atoms with van der Waals surface area (Å²) >= 11 is 6.27. The van der Waals surface area contributed by atoms with Crippen LogP contribution in [0.2, 0.25) is 5.02 Å². The molecule has 36 heavy (non-hydrogen) atoms. The molecule has 0 radical (unpaired) electrons. The monoisotopic (exact) mass is 512 g/mol. The number of ether oxygens (including phenoxy) is 1. The fourth-order valence-electron chi connectivity index (χ4n) is 3.90. The summed E-state index contributed by atoms with van der Waals surface area (Å²) in [4.78, 5) is 32.7. The maximum absolute atomic E-state index is 13.8. The number of aromatic nitrogens is 3. The summed E-state index contributed by atoms with van der Waals surface area (Å²) in [5.74, 6) is -0.503. The molecule has 8 nitrogen and oxygen atoms in total. The Morgan fingerprint density at radius 3 is 2.64 bits per heavy atom. The highest BCUT2D eigenvalue weighted by Gasteiger charge is 2.24. The summed E-state index contributed by atoms with van der Waals surface area (Å²) < 4.78 is 21.3. The quantitative estimate of drug-likeness (QED) is 0.344. The van der Waals surface area contributed by atoms with E-state index in [0.717, 1.165) is 6.07 Å². The molecule has 0 aliphatic heterocycles. The Morgan fingerprint density at radius 2 is 2.00 bits per heavy atom. The number of rotatable bonds is 6. The van der Waals surface area contributed by atoms with Gasteiger partial charge >= 0.3 is 0 Å². The van der Waals surface area contributed by atoms with Crippen LogP contribution < -0.4 is 15.6 Å². The van der Waals surface area contributed by atoms with Crippen LogP contribution in [0.25, 0.3) is 22.0 Å². The maximum atomic E-state index is 13.8. The molecule has 0 aliphatic carbocycles. The van der Waals surface area contributed by atoms with Crippen molar-refractivity contribution in [2.24, 2.45) is 7.05 Å². The van der Waals surface area contributed by atoms with E-state index in [1.54, 1.807) is 53.1 Å². The van der Waals surface area contributed by atoms with E-state index in [2.05, 4.69) is 15.3 Å². The molecule has 0 spiro atoms. The molecule has 10 heteroatoms. The fraction of sp³-hybridized carbons (Fsp3) is 0.269. The summed E-state index contributed by atoms with van der Waals surface area (Å²) in [5, 5.41) is 13.9. The zero-order valence-corrected chi connectivity index (χ0v) is 21.2. The van der Waals surface area contributed by atoms with Crippen LogP contribution in [-0.2, 0) is 12.6 Å². The number of pyridine rings is 2. The zero-order valence-electron chi connectivity index (χ0n) is 20.5. The van der Waals surface area contributed by atoms with Gasteiger partial charge in [0.1, 0.15) is 17.0 Å². The van der Waals surface area contributed by atoms with Gasteiger partial charge in [-0.2, -0.15) is 0 Å². The van der Waals surface area contributed by atoms with Crippen molar-refractivity contribution in [1.82, 2.24) is 19.9 Å². The van der Waals surface area contributed by atoms with Crippen LogP contribution in [0.5, 0.6) is 11.6 Å². The molecular formula is C26H26ClFN4O4. The number of fused-ring (bicyclic) bond motifs is 1. The average molecular weight is 513 g/mol. The van der Waals surface area contributed by atoms with Crippen LogP contribution in [0.1, 0.15) is 42.4 Å². The van der Waals surface area contributed by atoms with Gasteiger partial charge in [0.15, 0.2) is 5.75 Å². The van der Waals surface area contributed by atoms with Gasteiger partial charge in [-0.25, -0.2) is 9.37 Å². The first-order chi connectivity index (χ1) is 16.9. The number of hydrogen-bond acceptors (Lipinski definition) is 5. The molecule has 4 aromatic rings. The number of hydrogen-bond donors (Lipinski definition) is 3. The van der Waals surface area contributed by atoms with Gasteiger partial charge in [0.05, 0.1) is 10.6 Å². The average Bonchev–Trinajstić information content (AvgIpc) is 3.24. The van der Waals surface area contributed by atoms with Gasteiger partial charge in [-0.05, 0) is 57.5 Å². The van der Waals surface area contributed by atoms with Crippen LogP contribution >= 0.6 is 11.6 Å². The second-order valence-electron chi connectivity index (χ2n) is 9.06. The van der Waals surface area contributed by atoms with Crippen LogP contribution in [-0.4, -0.2) is 32.1 Å². The fourth-order valence-corrected chi connectivity index (χ4v) is 4.19. The van der Waals surface area contributed by atoms with Crippen molar-refractivity contribution in [2.45, 2.75) is 33.3 Å². The lowest BCUT2D eigenvalue weighted by atomic mass is 9.96. The van der Waals surface area contributed by atoms with Crippen molar-refractivity contribution in [3.63, 3.8) is 0 Å². The largest absolute Gasteiger partial charge is 0.437 e. The summed E-state index contributed by atoms with van der Waals surface area (Å²) in [6.07, 6.45) is 3.08. The van der Waals surface area contributed by atoms with Crippen molar-refractivity contribution < 1.29 is 19.0 Å². The van der Waals surface area contributed by atoms with Crippen molar-refractivity contribution in [3.05, 3.63) is 74.7 Å². The predicted molar refractivity (Wildman–Crippen MR) is 136 cm³/mol. The van der Waals surface area contributed by atoms with Crippen molar-refractivity contribution in [2.75, 3.05) is 6.54 Å². The van der Waals surface area contributed by atoms with E-state index in [-0.39, 0.29) is 39.3 Å². The number of aliphatic hydroxyl groups is 1. The number of nitrogens with zero attached hydrogens (tertiary/aromatic N) is 2. The predicted octanol–water partition coefficient (Wildman–Crippen LogP) is 4.80. The number of amides is 1. The summed E-state index contributed by atoms with van der Waals surface area (Å²) in [6.45, 7) is 7.12. The van der Waals surface area contributed by atoms with Crippen LogP contribution in [0.3, 0.4) is 0 Å². The summed E-state index contributed by atoms with van der Waals surface area (Å²) in [5.41, 5.74) is 0.831. The molecule has 188 valence electrons. The van der Waals surface area contributed by atoms with E-state index in [1.165, 1.54) is 16.8 Å². The van der Waals surface area contributed by atoms with Crippen LogP contribution in [0, 0.1) is 12.7 Å². The first-order valence-electron chi connectivity index (χ1n) is 11.3. The Morgan fingerprint density at radius 1 is 1.28 bits per heavy atom. The van der Waals surface area contributed by atoms with Gasteiger partial charge in [0.25, 0.3) is 11.5 Å². The van der Waals surface area contributed by atoms with E-state index >= 15 is 0 Å². The van der Waals surface area contributed by atoms with Gasteiger partial charge in [0.2, 0.25) is 5.88 Å². The molecule has 0 unspecified atom stereocenters. The van der Waals surface area contributed by atoms with Gasteiger partial charge < -0.3 is 24.7 Å². The Balaban J connectivity index is 2.00. The molecule has 0 saturated heterocycles. The maximum Gasteiger partial charge on any atom is 0.274 e. The molecule has 3 heterocycles. The first-order valence-corrected chi connectivity index (χ1v) is 11.7. The number of halogens is 2. The zero-order chi connectivity index (χ0) is 26.4.